The van der Waals surface area contributed by atoms with E-state index in [1.165, 1.54) is 11.0 Å². The van der Waals surface area contributed by atoms with E-state index in [2.05, 4.69) is 15.9 Å². The Hall–Kier alpha value is -0.550. The molecule has 0 aliphatic heterocycles. The average molecular weight is 278 g/mol. The Labute approximate surface area is 94.6 Å². The summed E-state index contributed by atoms with van der Waals surface area (Å²) in [6.07, 6.45) is 0. The van der Waals surface area contributed by atoms with Crippen LogP contribution in [0.3, 0.4) is 0 Å². The van der Waals surface area contributed by atoms with E-state index in [0.717, 1.165) is 16.2 Å². The van der Waals surface area contributed by atoms with E-state index in [0.29, 0.717) is 4.90 Å². The quantitative estimate of drug-likeness (QED) is 0.734. The van der Waals surface area contributed by atoms with E-state index in [9.17, 15) is 9.18 Å². The first-order valence-electron chi connectivity index (χ1n) is 3.85. The third kappa shape index (κ3) is 2.99. The van der Waals surface area contributed by atoms with Gasteiger partial charge in [0, 0.05) is 18.6 Å². The normalized spacial score (nSPS) is 10.0. The van der Waals surface area contributed by atoms with Gasteiger partial charge in [0.25, 0.3) is 5.24 Å². The van der Waals surface area contributed by atoms with E-state index in [1.54, 1.807) is 26.2 Å². The van der Waals surface area contributed by atoms with E-state index in [-0.39, 0.29) is 11.1 Å². The Morgan fingerprint density at radius 2 is 2.14 bits per heavy atom. The monoisotopic (exact) mass is 277 g/mol. The molecule has 0 aliphatic carbocycles. The molecule has 0 saturated heterocycles. The molecule has 1 aromatic carbocycles. The lowest BCUT2D eigenvalue weighted by Crippen LogP contribution is -2.16. The number of hydrogen-bond acceptors (Lipinski definition) is 2. The molecule has 14 heavy (non-hydrogen) atoms. The number of carbonyl (C=O) groups is 1. The van der Waals surface area contributed by atoms with Crippen LogP contribution in [0.5, 0.6) is 0 Å². The summed E-state index contributed by atoms with van der Waals surface area (Å²) in [5, 5.41) is -0.193. The van der Waals surface area contributed by atoms with Gasteiger partial charge in [-0.2, -0.15) is 0 Å². The van der Waals surface area contributed by atoms with Crippen molar-refractivity contribution in [2.45, 2.75) is 4.90 Å². The first-order valence-corrected chi connectivity index (χ1v) is 5.46. The van der Waals surface area contributed by atoms with Crippen molar-refractivity contribution < 1.29 is 9.18 Å². The molecule has 0 saturated carbocycles. The van der Waals surface area contributed by atoms with Crippen molar-refractivity contribution in [1.82, 2.24) is 4.90 Å². The zero-order valence-corrected chi connectivity index (χ0v) is 10.2. The number of carbonyl (C=O) groups excluding carboxylic acids is 1. The number of benzene rings is 1. The first-order chi connectivity index (χ1) is 6.50. The average Bonchev–Trinajstić information content (AvgIpc) is 2.11. The van der Waals surface area contributed by atoms with Crippen LogP contribution >= 0.6 is 27.7 Å². The molecule has 0 unspecified atom stereocenters. The van der Waals surface area contributed by atoms with Crippen molar-refractivity contribution in [1.29, 1.82) is 0 Å². The minimum atomic E-state index is -0.381. The standard InChI is InChI=1S/C9H9BrFNOS/c1-12(2)9(13)14-8-5-6(10)3-4-7(8)11/h3-5H,1-2H3. The van der Waals surface area contributed by atoms with Crippen molar-refractivity contribution in [3.63, 3.8) is 0 Å². The summed E-state index contributed by atoms with van der Waals surface area (Å²) in [6, 6.07) is 4.51. The Bertz CT molecular complexity index is 357. The molecule has 0 radical (unpaired) electrons. The molecule has 0 heterocycles. The highest BCUT2D eigenvalue weighted by Gasteiger charge is 2.10. The van der Waals surface area contributed by atoms with Gasteiger partial charge in [-0.15, -0.1) is 0 Å². The number of rotatable bonds is 1. The van der Waals surface area contributed by atoms with Gasteiger partial charge < -0.3 is 4.90 Å². The number of halogens is 2. The molecule has 0 fully saturated rings. The highest BCUT2D eigenvalue weighted by molar-refractivity contribution is 9.10. The van der Waals surface area contributed by atoms with Crippen LogP contribution < -0.4 is 0 Å². The van der Waals surface area contributed by atoms with Crippen LogP contribution in [0, 0.1) is 5.82 Å². The second kappa shape index (κ2) is 4.79. The van der Waals surface area contributed by atoms with Crippen LogP contribution in [0.2, 0.25) is 0 Å². The van der Waals surface area contributed by atoms with Gasteiger partial charge in [-0.25, -0.2) is 4.39 Å². The van der Waals surface area contributed by atoms with E-state index >= 15 is 0 Å². The van der Waals surface area contributed by atoms with Crippen LogP contribution in [0.15, 0.2) is 27.6 Å². The fourth-order valence-electron chi connectivity index (χ4n) is 0.741. The smallest absolute Gasteiger partial charge is 0.286 e. The SMILES string of the molecule is CN(C)C(=O)Sc1cc(Br)ccc1F. The summed E-state index contributed by atoms with van der Waals surface area (Å²) in [4.78, 5) is 13.0. The minimum Gasteiger partial charge on any atom is -0.339 e. The molecule has 2 nitrogen and oxygen atoms in total. The summed E-state index contributed by atoms with van der Waals surface area (Å²) < 4.78 is 13.9. The van der Waals surface area contributed by atoms with Gasteiger partial charge in [-0.05, 0) is 30.0 Å². The molecule has 0 atom stereocenters. The predicted octanol–water partition coefficient (Wildman–Crippen LogP) is 3.36. The number of nitrogens with zero attached hydrogens (tertiary/aromatic N) is 1. The predicted molar refractivity (Wildman–Crippen MR) is 59.0 cm³/mol. The summed E-state index contributed by atoms with van der Waals surface area (Å²) in [5.41, 5.74) is 0. The number of hydrogen-bond donors (Lipinski definition) is 0. The van der Waals surface area contributed by atoms with Crippen molar-refractivity contribution in [2.24, 2.45) is 0 Å². The van der Waals surface area contributed by atoms with Crippen molar-refractivity contribution in [3.05, 3.63) is 28.5 Å². The second-order valence-electron chi connectivity index (χ2n) is 2.84. The number of thioether (sulfide) groups is 1. The molecule has 5 heteroatoms. The van der Waals surface area contributed by atoms with Gasteiger partial charge in [-0.1, -0.05) is 15.9 Å². The van der Waals surface area contributed by atoms with E-state index < -0.39 is 0 Å². The van der Waals surface area contributed by atoms with E-state index in [1.807, 2.05) is 0 Å². The maximum Gasteiger partial charge on any atom is 0.286 e. The number of amides is 1. The largest absolute Gasteiger partial charge is 0.339 e. The van der Waals surface area contributed by atoms with Crippen molar-refractivity contribution in [3.8, 4) is 0 Å². The fourth-order valence-corrected chi connectivity index (χ4v) is 1.98. The second-order valence-corrected chi connectivity index (χ2v) is 4.75. The van der Waals surface area contributed by atoms with Crippen LogP contribution in [-0.4, -0.2) is 24.2 Å². The van der Waals surface area contributed by atoms with Crippen molar-refractivity contribution >= 4 is 32.9 Å². The Morgan fingerprint density at radius 1 is 1.50 bits per heavy atom. The van der Waals surface area contributed by atoms with Gasteiger partial charge in [0.2, 0.25) is 0 Å². The highest BCUT2D eigenvalue weighted by atomic mass is 79.9. The summed E-state index contributed by atoms with van der Waals surface area (Å²) >= 11 is 4.09. The molecule has 0 N–H and O–H groups in total. The zero-order valence-electron chi connectivity index (χ0n) is 7.75. The molecule has 76 valence electrons. The lowest BCUT2D eigenvalue weighted by atomic mass is 10.3. The molecule has 0 aliphatic rings. The van der Waals surface area contributed by atoms with Crippen LogP contribution in [0.1, 0.15) is 0 Å². The lowest BCUT2D eigenvalue weighted by molar-refractivity contribution is 0.241. The van der Waals surface area contributed by atoms with Gasteiger partial charge in [0.1, 0.15) is 5.82 Å². The van der Waals surface area contributed by atoms with Crippen LogP contribution in [0.25, 0.3) is 0 Å². The maximum atomic E-state index is 13.2. The molecule has 0 spiro atoms. The Balaban J connectivity index is 2.86. The van der Waals surface area contributed by atoms with Gasteiger partial charge >= 0.3 is 0 Å². The van der Waals surface area contributed by atoms with Gasteiger partial charge in [-0.3, -0.25) is 4.79 Å². The third-order valence-corrected chi connectivity index (χ3v) is 3.02. The summed E-state index contributed by atoms with van der Waals surface area (Å²) in [6.45, 7) is 0. The molecule has 1 aromatic rings. The van der Waals surface area contributed by atoms with Crippen LogP contribution in [0.4, 0.5) is 9.18 Å². The van der Waals surface area contributed by atoms with Gasteiger partial charge in [0.05, 0.1) is 4.90 Å². The molecular formula is C9H9BrFNOS. The Morgan fingerprint density at radius 3 is 2.71 bits per heavy atom. The zero-order chi connectivity index (χ0) is 10.7. The third-order valence-electron chi connectivity index (χ3n) is 1.46. The Kier molecular flexibility index (Phi) is 3.95. The lowest BCUT2D eigenvalue weighted by Gasteiger charge is -2.09. The fraction of sp³-hybridized carbons (Fsp3) is 0.222. The molecular weight excluding hydrogens is 269 g/mol. The topological polar surface area (TPSA) is 20.3 Å². The molecule has 0 bridgehead atoms. The molecule has 1 rings (SSSR count). The highest BCUT2D eigenvalue weighted by Crippen LogP contribution is 2.26. The minimum absolute atomic E-state index is 0.193. The van der Waals surface area contributed by atoms with Gasteiger partial charge in [0.15, 0.2) is 0 Å². The van der Waals surface area contributed by atoms with Crippen molar-refractivity contribution in [2.75, 3.05) is 14.1 Å². The molecule has 0 aromatic heterocycles. The molecule has 1 amide bonds. The maximum absolute atomic E-state index is 13.2. The van der Waals surface area contributed by atoms with E-state index in [4.69, 9.17) is 0 Å². The van der Waals surface area contributed by atoms with Crippen LogP contribution in [-0.2, 0) is 0 Å². The first kappa shape index (κ1) is 11.5. The summed E-state index contributed by atoms with van der Waals surface area (Å²) in [5.74, 6) is -0.381. The summed E-state index contributed by atoms with van der Waals surface area (Å²) in [7, 11) is 3.26.